The lowest BCUT2D eigenvalue weighted by Gasteiger charge is -2.26. The number of halogens is 2. The normalized spacial score (nSPS) is 26.6. The van der Waals surface area contributed by atoms with Crippen molar-refractivity contribution < 1.29 is 14.7 Å². The Hall–Kier alpha value is -1.30. The standard InChI is InChI=1S/C18H23ClN2O3.ClH/c1-12(16(22)20-9-13-4-6-15(19)7-5-13)21-10-14-3-2-8-18(14,11-21)17(23)24;/h4-7,12,14H,2-3,8-11H2,1H3,(H,20,22)(H,23,24);1H/t12?,14-,18+;/m0./s1. The average molecular weight is 387 g/mol. The molecule has 1 aliphatic heterocycles. The first-order valence-corrected chi connectivity index (χ1v) is 8.80. The first-order chi connectivity index (χ1) is 11.4. The third-order valence-electron chi connectivity index (χ3n) is 5.63. The molecule has 138 valence electrons. The van der Waals surface area contributed by atoms with Crippen LogP contribution in [0.4, 0.5) is 0 Å². The minimum Gasteiger partial charge on any atom is -0.481 e. The maximum atomic E-state index is 12.4. The van der Waals surface area contributed by atoms with Crippen LogP contribution in [0.3, 0.4) is 0 Å². The molecule has 3 atom stereocenters. The molecule has 25 heavy (non-hydrogen) atoms. The van der Waals surface area contributed by atoms with Gasteiger partial charge >= 0.3 is 5.97 Å². The summed E-state index contributed by atoms with van der Waals surface area (Å²) >= 11 is 5.85. The van der Waals surface area contributed by atoms with Crippen molar-refractivity contribution in [1.29, 1.82) is 0 Å². The third-order valence-corrected chi connectivity index (χ3v) is 5.88. The van der Waals surface area contributed by atoms with Gasteiger partial charge in [-0.25, -0.2) is 0 Å². The second-order valence-electron chi connectivity index (χ2n) is 7.00. The van der Waals surface area contributed by atoms with Crippen LogP contribution in [-0.4, -0.2) is 41.0 Å². The molecule has 0 spiro atoms. The smallest absolute Gasteiger partial charge is 0.311 e. The van der Waals surface area contributed by atoms with Crippen LogP contribution >= 0.6 is 24.0 Å². The minimum absolute atomic E-state index is 0. The molecule has 1 amide bonds. The fourth-order valence-electron chi connectivity index (χ4n) is 4.08. The van der Waals surface area contributed by atoms with E-state index in [-0.39, 0.29) is 30.3 Å². The van der Waals surface area contributed by atoms with Crippen LogP contribution in [0, 0.1) is 11.3 Å². The Balaban J connectivity index is 0.00000225. The molecule has 0 aromatic heterocycles. The molecular formula is C18H24Cl2N2O3. The summed E-state index contributed by atoms with van der Waals surface area (Å²) in [5.74, 6) is -0.603. The molecule has 1 aliphatic carbocycles. The molecule has 2 fully saturated rings. The Labute approximate surface area is 159 Å². The number of nitrogens with zero attached hydrogens (tertiary/aromatic N) is 1. The van der Waals surface area contributed by atoms with Gasteiger partial charge in [0.05, 0.1) is 11.5 Å². The van der Waals surface area contributed by atoms with Crippen LogP contribution < -0.4 is 5.32 Å². The zero-order chi connectivity index (χ0) is 17.3. The molecule has 5 nitrogen and oxygen atoms in total. The highest BCUT2D eigenvalue weighted by molar-refractivity contribution is 6.30. The van der Waals surface area contributed by atoms with Gasteiger partial charge in [-0.05, 0) is 43.4 Å². The number of nitrogens with one attached hydrogen (secondary N) is 1. The minimum atomic E-state index is -0.707. The van der Waals surface area contributed by atoms with Gasteiger partial charge in [-0.15, -0.1) is 12.4 Å². The van der Waals surface area contributed by atoms with Gasteiger partial charge in [0.2, 0.25) is 5.91 Å². The first kappa shape index (κ1) is 20.0. The van der Waals surface area contributed by atoms with Crippen molar-refractivity contribution in [2.75, 3.05) is 13.1 Å². The van der Waals surface area contributed by atoms with Crippen molar-refractivity contribution in [3.05, 3.63) is 34.9 Å². The summed E-state index contributed by atoms with van der Waals surface area (Å²) < 4.78 is 0. The molecule has 1 saturated carbocycles. The highest BCUT2D eigenvalue weighted by Gasteiger charge is 2.55. The molecule has 1 heterocycles. The number of amides is 1. The highest BCUT2D eigenvalue weighted by atomic mass is 35.5. The molecule has 0 bridgehead atoms. The van der Waals surface area contributed by atoms with E-state index >= 15 is 0 Å². The van der Waals surface area contributed by atoms with Gasteiger partial charge in [0, 0.05) is 24.7 Å². The summed E-state index contributed by atoms with van der Waals surface area (Å²) in [7, 11) is 0. The van der Waals surface area contributed by atoms with Crippen LogP contribution in [-0.2, 0) is 16.1 Å². The Morgan fingerprint density at radius 3 is 2.68 bits per heavy atom. The summed E-state index contributed by atoms with van der Waals surface area (Å²) in [4.78, 5) is 26.2. The summed E-state index contributed by atoms with van der Waals surface area (Å²) in [6, 6.07) is 7.04. The second kappa shape index (κ2) is 7.94. The van der Waals surface area contributed by atoms with E-state index in [4.69, 9.17) is 11.6 Å². The molecule has 2 aliphatic rings. The number of hydrogen-bond donors (Lipinski definition) is 2. The molecule has 1 unspecified atom stereocenters. The van der Waals surface area contributed by atoms with E-state index in [0.717, 1.165) is 24.8 Å². The number of carbonyl (C=O) groups is 2. The van der Waals surface area contributed by atoms with Crippen molar-refractivity contribution in [3.8, 4) is 0 Å². The molecule has 1 aromatic rings. The molecular weight excluding hydrogens is 363 g/mol. The van der Waals surface area contributed by atoms with Crippen LogP contribution in [0.15, 0.2) is 24.3 Å². The SMILES string of the molecule is CC(C(=O)NCc1ccc(Cl)cc1)N1C[C@@H]2CCC[C@@]2(C(=O)O)C1.Cl. The van der Waals surface area contributed by atoms with E-state index in [0.29, 0.717) is 24.7 Å². The number of rotatable bonds is 5. The Morgan fingerprint density at radius 2 is 2.08 bits per heavy atom. The first-order valence-electron chi connectivity index (χ1n) is 8.42. The number of hydrogen-bond acceptors (Lipinski definition) is 3. The topological polar surface area (TPSA) is 69.6 Å². The predicted octanol–water partition coefficient (Wildman–Crippen LogP) is 2.95. The van der Waals surface area contributed by atoms with Crippen LogP contribution in [0.2, 0.25) is 5.02 Å². The number of carbonyl (C=O) groups excluding carboxylic acids is 1. The zero-order valence-electron chi connectivity index (χ0n) is 14.2. The monoisotopic (exact) mass is 386 g/mol. The lowest BCUT2D eigenvalue weighted by atomic mass is 9.81. The van der Waals surface area contributed by atoms with E-state index < -0.39 is 11.4 Å². The summed E-state index contributed by atoms with van der Waals surface area (Å²) in [6.07, 6.45) is 2.65. The Kier molecular flexibility index (Phi) is 6.35. The zero-order valence-corrected chi connectivity index (χ0v) is 15.8. The maximum absolute atomic E-state index is 12.4. The molecule has 0 radical (unpaired) electrons. The highest BCUT2D eigenvalue weighted by Crippen LogP contribution is 2.49. The second-order valence-corrected chi connectivity index (χ2v) is 7.44. The summed E-state index contributed by atoms with van der Waals surface area (Å²) in [5.41, 5.74) is 0.338. The molecule has 1 aromatic carbocycles. The lowest BCUT2D eigenvalue weighted by Crippen LogP contribution is -2.45. The van der Waals surface area contributed by atoms with Gasteiger partial charge in [0.15, 0.2) is 0 Å². The van der Waals surface area contributed by atoms with Gasteiger partial charge in [-0.1, -0.05) is 30.2 Å². The van der Waals surface area contributed by atoms with Gasteiger partial charge in [0.1, 0.15) is 0 Å². The van der Waals surface area contributed by atoms with E-state index in [9.17, 15) is 14.7 Å². The Morgan fingerprint density at radius 1 is 1.40 bits per heavy atom. The van der Waals surface area contributed by atoms with E-state index in [1.165, 1.54) is 0 Å². The maximum Gasteiger partial charge on any atom is 0.311 e. The van der Waals surface area contributed by atoms with Crippen LogP contribution in [0.5, 0.6) is 0 Å². The van der Waals surface area contributed by atoms with Gasteiger partial charge in [-0.3, -0.25) is 14.5 Å². The number of benzene rings is 1. The van der Waals surface area contributed by atoms with Crippen molar-refractivity contribution in [3.63, 3.8) is 0 Å². The summed E-state index contributed by atoms with van der Waals surface area (Å²) in [6.45, 7) is 3.47. The van der Waals surface area contributed by atoms with Crippen molar-refractivity contribution in [2.24, 2.45) is 11.3 Å². The van der Waals surface area contributed by atoms with Crippen molar-refractivity contribution >= 4 is 35.9 Å². The third kappa shape index (κ3) is 3.94. The molecule has 7 heteroatoms. The fraction of sp³-hybridized carbons (Fsp3) is 0.556. The van der Waals surface area contributed by atoms with Crippen LogP contribution in [0.25, 0.3) is 0 Å². The number of carboxylic acids is 1. The number of likely N-dealkylation sites (tertiary alicyclic amines) is 1. The molecule has 3 rings (SSSR count). The van der Waals surface area contributed by atoms with E-state index in [2.05, 4.69) is 5.32 Å². The largest absolute Gasteiger partial charge is 0.481 e. The van der Waals surface area contributed by atoms with Crippen LogP contribution in [0.1, 0.15) is 31.7 Å². The Bertz CT molecular complexity index is 638. The number of carboxylic acid groups (broad SMARTS) is 1. The molecule has 1 saturated heterocycles. The quantitative estimate of drug-likeness (QED) is 0.815. The van der Waals surface area contributed by atoms with Gasteiger partial charge in [0.25, 0.3) is 0 Å². The number of fused-ring (bicyclic) bond motifs is 1. The average Bonchev–Trinajstić information content (AvgIpc) is 3.11. The van der Waals surface area contributed by atoms with E-state index in [1.54, 1.807) is 12.1 Å². The van der Waals surface area contributed by atoms with Gasteiger partial charge < -0.3 is 10.4 Å². The summed E-state index contributed by atoms with van der Waals surface area (Å²) in [5, 5.41) is 13.2. The van der Waals surface area contributed by atoms with Gasteiger partial charge in [-0.2, -0.15) is 0 Å². The fourth-order valence-corrected chi connectivity index (χ4v) is 4.20. The van der Waals surface area contributed by atoms with Crippen molar-refractivity contribution in [2.45, 2.75) is 38.8 Å². The lowest BCUT2D eigenvalue weighted by molar-refractivity contribution is -0.149. The van der Waals surface area contributed by atoms with E-state index in [1.807, 2.05) is 24.0 Å². The number of aliphatic carboxylic acids is 1. The molecule has 2 N–H and O–H groups in total. The predicted molar refractivity (Wildman–Crippen MR) is 99.0 cm³/mol. The van der Waals surface area contributed by atoms with Crippen molar-refractivity contribution in [1.82, 2.24) is 10.2 Å².